The van der Waals surface area contributed by atoms with Crippen molar-refractivity contribution < 1.29 is 0 Å². The number of imidazole rings is 1. The van der Waals surface area contributed by atoms with E-state index in [1.165, 1.54) is 16.7 Å². The highest BCUT2D eigenvalue weighted by Crippen LogP contribution is 2.30. The molecule has 3 heterocycles. The molecule has 1 aliphatic heterocycles. The summed E-state index contributed by atoms with van der Waals surface area (Å²) in [7, 11) is 2.00. The second-order valence-corrected chi connectivity index (χ2v) is 6.20. The van der Waals surface area contributed by atoms with Gasteiger partial charge in [0.1, 0.15) is 5.01 Å². The van der Waals surface area contributed by atoms with Crippen LogP contribution in [0.25, 0.3) is 22.0 Å². The molecule has 0 saturated carbocycles. The average Bonchev–Trinajstić information content (AvgIpc) is 3.15. The molecule has 3 aromatic rings. The Morgan fingerprint density at radius 3 is 3.10 bits per heavy atom. The van der Waals surface area contributed by atoms with Crippen LogP contribution in [0.15, 0.2) is 36.1 Å². The van der Waals surface area contributed by atoms with Gasteiger partial charge in [-0.3, -0.25) is 0 Å². The quantitative estimate of drug-likeness (QED) is 0.791. The highest BCUT2D eigenvalue weighted by atomic mass is 32.1. The molecular formula is C16H16N4S. The molecule has 0 radical (unpaired) electrons. The summed E-state index contributed by atoms with van der Waals surface area (Å²) in [6.07, 6.45) is 4.77. The van der Waals surface area contributed by atoms with Crippen LogP contribution in [0.3, 0.4) is 0 Å². The van der Waals surface area contributed by atoms with Crippen LogP contribution in [0.5, 0.6) is 0 Å². The molecule has 0 amide bonds. The van der Waals surface area contributed by atoms with Crippen LogP contribution < -0.4 is 5.32 Å². The molecule has 1 aliphatic rings. The molecule has 0 unspecified atom stereocenters. The largest absolute Gasteiger partial charge is 0.332 e. The van der Waals surface area contributed by atoms with Crippen LogP contribution >= 0.6 is 11.3 Å². The van der Waals surface area contributed by atoms with E-state index in [0.29, 0.717) is 0 Å². The fraction of sp³-hybridized carbons (Fsp3) is 0.250. The highest BCUT2D eigenvalue weighted by molar-refractivity contribution is 7.13. The van der Waals surface area contributed by atoms with Gasteiger partial charge in [0.2, 0.25) is 0 Å². The maximum Gasteiger partial charge on any atom is 0.142 e. The van der Waals surface area contributed by atoms with E-state index in [0.717, 1.165) is 35.9 Å². The summed E-state index contributed by atoms with van der Waals surface area (Å²) in [5.41, 5.74) is 6.18. The topological polar surface area (TPSA) is 42.7 Å². The summed E-state index contributed by atoms with van der Waals surface area (Å²) in [4.78, 5) is 8.94. The van der Waals surface area contributed by atoms with Crippen LogP contribution in [-0.4, -0.2) is 21.1 Å². The van der Waals surface area contributed by atoms with Gasteiger partial charge in [-0.05, 0) is 30.2 Å². The number of aryl methyl sites for hydroxylation is 1. The van der Waals surface area contributed by atoms with Gasteiger partial charge >= 0.3 is 0 Å². The van der Waals surface area contributed by atoms with E-state index in [1.54, 1.807) is 11.3 Å². The summed E-state index contributed by atoms with van der Waals surface area (Å²) in [5, 5.41) is 6.55. The lowest BCUT2D eigenvalue weighted by molar-refractivity contribution is 0.644. The molecule has 0 bridgehead atoms. The molecule has 21 heavy (non-hydrogen) atoms. The minimum absolute atomic E-state index is 0.979. The first-order chi connectivity index (χ1) is 10.3. The molecule has 0 spiro atoms. The number of benzene rings is 1. The molecule has 0 saturated heterocycles. The third-order valence-electron chi connectivity index (χ3n) is 3.93. The summed E-state index contributed by atoms with van der Waals surface area (Å²) < 4.78 is 2.00. The predicted molar refractivity (Wildman–Crippen MR) is 85.2 cm³/mol. The van der Waals surface area contributed by atoms with Gasteiger partial charge in [0.05, 0.1) is 23.9 Å². The van der Waals surface area contributed by atoms with Crippen LogP contribution in [0.2, 0.25) is 0 Å². The number of thiazole rings is 1. The highest BCUT2D eigenvalue weighted by Gasteiger charge is 2.13. The first-order valence-electron chi connectivity index (χ1n) is 7.06. The number of hydrogen-bond donors (Lipinski definition) is 1. The van der Waals surface area contributed by atoms with Gasteiger partial charge in [-0.15, -0.1) is 11.3 Å². The fourth-order valence-electron chi connectivity index (χ4n) is 2.72. The van der Waals surface area contributed by atoms with E-state index in [9.17, 15) is 0 Å². The van der Waals surface area contributed by atoms with Crippen molar-refractivity contribution in [3.63, 3.8) is 0 Å². The molecule has 0 atom stereocenters. The maximum absolute atomic E-state index is 4.77. The number of fused-ring (bicyclic) bond motifs is 1. The smallest absolute Gasteiger partial charge is 0.142 e. The van der Waals surface area contributed by atoms with E-state index in [-0.39, 0.29) is 0 Å². The third-order valence-corrected chi connectivity index (χ3v) is 4.79. The van der Waals surface area contributed by atoms with Crippen molar-refractivity contribution in [3.05, 3.63) is 47.2 Å². The molecule has 1 N–H and O–H groups in total. The third kappa shape index (κ3) is 2.28. The second-order valence-electron chi connectivity index (χ2n) is 5.34. The fourth-order valence-corrected chi connectivity index (χ4v) is 3.60. The van der Waals surface area contributed by atoms with Crippen LogP contribution in [0.1, 0.15) is 11.1 Å². The Morgan fingerprint density at radius 2 is 2.24 bits per heavy atom. The second kappa shape index (κ2) is 5.09. The van der Waals surface area contributed by atoms with Gasteiger partial charge < -0.3 is 9.88 Å². The molecule has 1 aromatic carbocycles. The van der Waals surface area contributed by atoms with Crippen LogP contribution in [0, 0.1) is 0 Å². The molecule has 0 aliphatic carbocycles. The number of nitrogens with zero attached hydrogens (tertiary/aromatic N) is 3. The van der Waals surface area contributed by atoms with Crippen molar-refractivity contribution in [2.75, 3.05) is 6.54 Å². The van der Waals surface area contributed by atoms with Crippen molar-refractivity contribution in [3.8, 4) is 22.0 Å². The van der Waals surface area contributed by atoms with E-state index in [2.05, 4.69) is 33.9 Å². The predicted octanol–water partition coefficient (Wildman–Crippen LogP) is 2.86. The zero-order chi connectivity index (χ0) is 14.2. The summed E-state index contributed by atoms with van der Waals surface area (Å²) >= 11 is 1.67. The van der Waals surface area contributed by atoms with Gasteiger partial charge in [0.25, 0.3) is 0 Å². The van der Waals surface area contributed by atoms with Crippen LogP contribution in [-0.2, 0) is 20.0 Å². The molecule has 4 nitrogen and oxygen atoms in total. The van der Waals surface area contributed by atoms with Crippen molar-refractivity contribution in [1.29, 1.82) is 0 Å². The number of rotatable bonds is 2. The van der Waals surface area contributed by atoms with Gasteiger partial charge in [0, 0.05) is 24.5 Å². The summed E-state index contributed by atoms with van der Waals surface area (Å²) in [6.45, 7) is 2.04. The first kappa shape index (κ1) is 12.7. The van der Waals surface area contributed by atoms with Crippen molar-refractivity contribution >= 4 is 11.3 Å². The SMILES string of the molecule is Cn1cncc1-c1nc(-c2ccc3c(c2)CCNC3)cs1. The monoisotopic (exact) mass is 296 g/mol. The Labute approximate surface area is 127 Å². The first-order valence-corrected chi connectivity index (χ1v) is 7.94. The Morgan fingerprint density at radius 1 is 1.29 bits per heavy atom. The van der Waals surface area contributed by atoms with E-state index in [1.807, 2.05) is 24.1 Å². The zero-order valence-electron chi connectivity index (χ0n) is 11.8. The lowest BCUT2D eigenvalue weighted by Crippen LogP contribution is -2.23. The molecule has 0 fully saturated rings. The van der Waals surface area contributed by atoms with Crippen molar-refractivity contribution in [1.82, 2.24) is 19.9 Å². The van der Waals surface area contributed by atoms with Gasteiger partial charge in [-0.25, -0.2) is 9.97 Å². The Kier molecular flexibility index (Phi) is 3.09. The molecule has 106 valence electrons. The molecule has 5 heteroatoms. The van der Waals surface area contributed by atoms with E-state index in [4.69, 9.17) is 4.98 Å². The molecule has 2 aromatic heterocycles. The van der Waals surface area contributed by atoms with E-state index >= 15 is 0 Å². The Bertz CT molecular complexity index is 787. The normalized spacial score (nSPS) is 14.1. The van der Waals surface area contributed by atoms with Gasteiger partial charge in [0.15, 0.2) is 0 Å². The van der Waals surface area contributed by atoms with Gasteiger partial charge in [-0.2, -0.15) is 0 Å². The van der Waals surface area contributed by atoms with E-state index < -0.39 is 0 Å². The van der Waals surface area contributed by atoms with Gasteiger partial charge in [-0.1, -0.05) is 12.1 Å². The number of nitrogens with one attached hydrogen (secondary N) is 1. The minimum Gasteiger partial charge on any atom is -0.332 e. The van der Waals surface area contributed by atoms with Crippen molar-refractivity contribution in [2.45, 2.75) is 13.0 Å². The van der Waals surface area contributed by atoms with Crippen LogP contribution in [0.4, 0.5) is 0 Å². The number of hydrogen-bond acceptors (Lipinski definition) is 4. The average molecular weight is 296 g/mol. The summed E-state index contributed by atoms with van der Waals surface area (Å²) in [6, 6.07) is 6.69. The Balaban J connectivity index is 1.71. The molecular weight excluding hydrogens is 280 g/mol. The number of aromatic nitrogens is 3. The summed E-state index contributed by atoms with van der Waals surface area (Å²) in [5.74, 6) is 0. The van der Waals surface area contributed by atoms with Crippen molar-refractivity contribution in [2.24, 2.45) is 7.05 Å². The molecule has 4 rings (SSSR count). The lowest BCUT2D eigenvalue weighted by atomic mass is 9.98. The zero-order valence-corrected chi connectivity index (χ0v) is 12.7. The lowest BCUT2D eigenvalue weighted by Gasteiger charge is -2.17. The standard InChI is InChI=1S/C16H16N4S/c1-20-10-18-8-15(20)16-19-14(9-21-16)12-2-3-13-7-17-5-4-11(13)6-12/h2-3,6,8-10,17H,4-5,7H2,1H3. The minimum atomic E-state index is 0.979. The maximum atomic E-state index is 4.77. The Hall–Kier alpha value is -1.98.